The minimum absolute atomic E-state index is 0.0345. The third-order valence-electron chi connectivity index (χ3n) is 2.53. The van der Waals surface area contributed by atoms with E-state index in [9.17, 15) is 4.79 Å². The van der Waals surface area contributed by atoms with Gasteiger partial charge in [0.2, 0.25) is 0 Å². The molecule has 2 heterocycles. The lowest BCUT2D eigenvalue weighted by Crippen LogP contribution is -2.33. The predicted molar refractivity (Wildman–Crippen MR) is 56.2 cm³/mol. The second-order valence-corrected chi connectivity index (χ2v) is 4.66. The van der Waals surface area contributed by atoms with Crippen LogP contribution in [0.1, 0.15) is 32.1 Å². The summed E-state index contributed by atoms with van der Waals surface area (Å²) in [6, 6.07) is 0. The SMILES string of the molecule is O=C1CC(CCSOC2CCCCO2)O1. The molecule has 2 atom stereocenters. The van der Waals surface area contributed by atoms with Crippen molar-refractivity contribution in [2.75, 3.05) is 12.4 Å². The van der Waals surface area contributed by atoms with Gasteiger partial charge < -0.3 is 9.47 Å². The molecule has 86 valence electrons. The molecule has 0 spiro atoms. The van der Waals surface area contributed by atoms with Gasteiger partial charge in [-0.15, -0.1) is 0 Å². The molecule has 0 radical (unpaired) electrons. The van der Waals surface area contributed by atoms with Crippen LogP contribution in [0.4, 0.5) is 0 Å². The molecule has 2 saturated heterocycles. The number of carbonyl (C=O) groups excluding carboxylic acids is 1. The standard InChI is InChI=1S/C10H16O4S/c11-9-7-8(13-9)4-6-15-14-10-3-1-2-5-12-10/h8,10H,1-7H2. The second-order valence-electron chi connectivity index (χ2n) is 3.82. The first-order chi connectivity index (χ1) is 7.34. The number of hydrogen-bond acceptors (Lipinski definition) is 5. The van der Waals surface area contributed by atoms with E-state index in [1.807, 2.05) is 0 Å². The molecule has 2 fully saturated rings. The Bertz CT molecular complexity index is 207. The summed E-state index contributed by atoms with van der Waals surface area (Å²) in [6.45, 7) is 0.811. The number of cyclic esters (lactones) is 1. The van der Waals surface area contributed by atoms with Gasteiger partial charge in [0.25, 0.3) is 0 Å². The lowest BCUT2D eigenvalue weighted by Gasteiger charge is -2.25. The Hall–Kier alpha value is -0.260. The molecule has 0 bridgehead atoms. The van der Waals surface area contributed by atoms with Gasteiger partial charge in [-0.2, -0.15) is 0 Å². The van der Waals surface area contributed by atoms with Crippen molar-refractivity contribution in [1.29, 1.82) is 0 Å². The Balaban J connectivity index is 1.46. The number of hydrogen-bond donors (Lipinski definition) is 0. The largest absolute Gasteiger partial charge is 0.462 e. The highest BCUT2D eigenvalue weighted by molar-refractivity contribution is 7.94. The van der Waals surface area contributed by atoms with Crippen LogP contribution >= 0.6 is 12.0 Å². The third kappa shape index (κ3) is 3.66. The van der Waals surface area contributed by atoms with Gasteiger partial charge in [-0.1, -0.05) is 0 Å². The number of esters is 1. The molecule has 0 aromatic carbocycles. The monoisotopic (exact) mass is 232 g/mol. The minimum Gasteiger partial charge on any atom is -0.462 e. The first-order valence-corrected chi connectivity index (χ1v) is 6.35. The van der Waals surface area contributed by atoms with Gasteiger partial charge in [-0.3, -0.25) is 8.98 Å². The maximum absolute atomic E-state index is 10.5. The first kappa shape index (κ1) is 11.2. The van der Waals surface area contributed by atoms with Crippen LogP contribution in [0.3, 0.4) is 0 Å². The van der Waals surface area contributed by atoms with Crippen LogP contribution < -0.4 is 0 Å². The van der Waals surface area contributed by atoms with Crippen LogP contribution in [0.15, 0.2) is 0 Å². The summed E-state index contributed by atoms with van der Waals surface area (Å²) in [6.07, 6.45) is 4.86. The fraction of sp³-hybridized carbons (Fsp3) is 0.900. The van der Waals surface area contributed by atoms with Crippen molar-refractivity contribution in [2.45, 2.75) is 44.5 Å². The lowest BCUT2D eigenvalue weighted by molar-refractivity contribution is -0.169. The van der Waals surface area contributed by atoms with Crippen molar-refractivity contribution < 1.29 is 18.5 Å². The van der Waals surface area contributed by atoms with Crippen molar-refractivity contribution in [3.8, 4) is 0 Å². The molecule has 0 amide bonds. The maximum atomic E-state index is 10.5. The van der Waals surface area contributed by atoms with Crippen LogP contribution in [0.2, 0.25) is 0 Å². The quantitative estimate of drug-likeness (QED) is 0.411. The Morgan fingerprint density at radius 2 is 2.33 bits per heavy atom. The summed E-state index contributed by atoms with van der Waals surface area (Å²) in [5.74, 6) is 0.777. The average Bonchev–Trinajstić information content (AvgIpc) is 2.23. The van der Waals surface area contributed by atoms with Crippen LogP contribution in [0.5, 0.6) is 0 Å². The molecule has 0 aliphatic carbocycles. The summed E-state index contributed by atoms with van der Waals surface area (Å²) < 4.78 is 15.8. The molecule has 0 N–H and O–H groups in total. The Kier molecular flexibility index (Phi) is 4.29. The first-order valence-electron chi connectivity index (χ1n) is 5.44. The zero-order valence-electron chi connectivity index (χ0n) is 8.65. The van der Waals surface area contributed by atoms with E-state index in [1.54, 1.807) is 0 Å². The summed E-state index contributed by atoms with van der Waals surface area (Å²) in [7, 11) is 0. The van der Waals surface area contributed by atoms with E-state index in [0.29, 0.717) is 6.42 Å². The molecule has 2 rings (SSSR count). The molecule has 0 aromatic heterocycles. The van der Waals surface area contributed by atoms with Crippen molar-refractivity contribution in [2.24, 2.45) is 0 Å². The second kappa shape index (κ2) is 5.72. The van der Waals surface area contributed by atoms with Gasteiger partial charge in [0.05, 0.1) is 6.42 Å². The summed E-state index contributed by atoms with van der Waals surface area (Å²) in [5, 5.41) is 0. The van der Waals surface area contributed by atoms with E-state index < -0.39 is 0 Å². The molecular formula is C10H16O4S. The molecule has 15 heavy (non-hydrogen) atoms. The molecular weight excluding hydrogens is 216 g/mol. The van der Waals surface area contributed by atoms with Gasteiger partial charge in [0, 0.05) is 12.4 Å². The Morgan fingerprint density at radius 3 is 3.00 bits per heavy atom. The van der Waals surface area contributed by atoms with Gasteiger partial charge in [0.1, 0.15) is 6.10 Å². The minimum atomic E-state index is -0.0819. The summed E-state index contributed by atoms with van der Waals surface area (Å²) in [4.78, 5) is 10.5. The molecule has 2 unspecified atom stereocenters. The lowest BCUT2D eigenvalue weighted by atomic mass is 10.1. The van der Waals surface area contributed by atoms with E-state index >= 15 is 0 Å². The van der Waals surface area contributed by atoms with Gasteiger partial charge in [-0.25, -0.2) is 0 Å². The smallest absolute Gasteiger partial charge is 0.309 e. The van der Waals surface area contributed by atoms with Crippen LogP contribution in [0.25, 0.3) is 0 Å². The molecule has 5 heteroatoms. The highest BCUT2D eigenvalue weighted by Gasteiger charge is 2.27. The van der Waals surface area contributed by atoms with Crippen LogP contribution in [0, 0.1) is 0 Å². The molecule has 2 aliphatic heterocycles. The highest BCUT2D eigenvalue weighted by Crippen LogP contribution is 2.22. The Morgan fingerprint density at radius 1 is 1.47 bits per heavy atom. The van der Waals surface area contributed by atoms with E-state index in [0.717, 1.165) is 31.6 Å². The van der Waals surface area contributed by atoms with E-state index in [-0.39, 0.29) is 18.4 Å². The molecule has 4 nitrogen and oxygen atoms in total. The number of ether oxygens (including phenoxy) is 2. The van der Waals surface area contributed by atoms with Crippen molar-refractivity contribution in [3.63, 3.8) is 0 Å². The fourth-order valence-electron chi connectivity index (χ4n) is 1.61. The number of carbonyl (C=O) groups is 1. The zero-order valence-corrected chi connectivity index (χ0v) is 9.46. The van der Waals surface area contributed by atoms with Crippen molar-refractivity contribution >= 4 is 18.0 Å². The molecule has 0 saturated carbocycles. The van der Waals surface area contributed by atoms with Gasteiger partial charge in [0.15, 0.2) is 6.29 Å². The topological polar surface area (TPSA) is 44.8 Å². The average molecular weight is 232 g/mol. The van der Waals surface area contributed by atoms with Crippen molar-refractivity contribution in [1.82, 2.24) is 0 Å². The Labute approximate surface area is 93.8 Å². The normalized spacial score (nSPS) is 30.8. The van der Waals surface area contributed by atoms with E-state index in [2.05, 4.69) is 0 Å². The molecule has 0 aromatic rings. The zero-order chi connectivity index (χ0) is 10.5. The van der Waals surface area contributed by atoms with Gasteiger partial charge in [-0.05, 0) is 37.7 Å². The van der Waals surface area contributed by atoms with Crippen LogP contribution in [-0.2, 0) is 18.5 Å². The highest BCUT2D eigenvalue weighted by atomic mass is 32.2. The third-order valence-corrected chi connectivity index (χ3v) is 3.28. The maximum Gasteiger partial charge on any atom is 0.309 e. The van der Waals surface area contributed by atoms with Crippen LogP contribution in [-0.4, -0.2) is 30.7 Å². The summed E-state index contributed by atoms with van der Waals surface area (Å²) >= 11 is 1.42. The van der Waals surface area contributed by atoms with Crippen molar-refractivity contribution in [3.05, 3.63) is 0 Å². The fourth-order valence-corrected chi connectivity index (χ4v) is 2.37. The predicted octanol–water partition coefficient (Wildman–Crippen LogP) is 1.88. The molecule has 2 aliphatic rings. The number of rotatable bonds is 5. The summed E-state index contributed by atoms with van der Waals surface area (Å²) in [5.41, 5.74) is 0. The van der Waals surface area contributed by atoms with E-state index in [4.69, 9.17) is 13.7 Å². The van der Waals surface area contributed by atoms with Gasteiger partial charge >= 0.3 is 5.97 Å². The van der Waals surface area contributed by atoms with E-state index in [1.165, 1.54) is 18.5 Å².